The van der Waals surface area contributed by atoms with Crippen LogP contribution in [-0.2, 0) is 28.4 Å². The zero-order valence-corrected chi connectivity index (χ0v) is 36.5. The molecule has 0 bridgehead atoms. The maximum Gasteiger partial charge on any atom is 0.127 e. The summed E-state index contributed by atoms with van der Waals surface area (Å²) >= 11 is 14.9. The minimum atomic E-state index is -0.396. The van der Waals surface area contributed by atoms with Crippen LogP contribution >= 0.6 is 63.7 Å². The molecule has 0 spiro atoms. The third-order valence-corrected chi connectivity index (χ3v) is 13.6. The van der Waals surface area contributed by atoms with Gasteiger partial charge in [-0.3, -0.25) is 0 Å². The van der Waals surface area contributed by atoms with Crippen LogP contribution in [0.2, 0.25) is 0 Å². The lowest BCUT2D eigenvalue weighted by atomic mass is 9.74. The maximum atomic E-state index is 7.62. The van der Waals surface area contributed by atoms with Gasteiger partial charge in [0.2, 0.25) is 0 Å². The van der Waals surface area contributed by atoms with Crippen molar-refractivity contribution in [2.75, 3.05) is 0 Å². The molecule has 272 valence electrons. The van der Waals surface area contributed by atoms with Crippen molar-refractivity contribution in [3.05, 3.63) is 186 Å². The first-order chi connectivity index (χ1) is 25.4. The predicted octanol–water partition coefficient (Wildman–Crippen LogP) is 14.8. The van der Waals surface area contributed by atoms with Crippen molar-refractivity contribution in [3.8, 4) is 23.0 Å². The van der Waals surface area contributed by atoms with Crippen molar-refractivity contribution in [2.24, 2.45) is 0 Å². The van der Waals surface area contributed by atoms with Crippen LogP contribution in [0.25, 0.3) is 0 Å². The van der Waals surface area contributed by atoms with E-state index in [0.717, 1.165) is 52.0 Å². The number of halogens is 4. The van der Waals surface area contributed by atoms with Crippen LogP contribution in [0.3, 0.4) is 0 Å². The largest absolute Gasteiger partial charge is 0.457 e. The van der Waals surface area contributed by atoms with Gasteiger partial charge in [0.05, 0.1) is 12.2 Å². The Bertz CT molecular complexity index is 1980. The Hall–Kier alpha value is -3.20. The fourth-order valence-electron chi connectivity index (χ4n) is 6.46. The number of benzene rings is 6. The fraction of sp³-hybridized carbons (Fsp3) is 0.217. The minimum Gasteiger partial charge on any atom is -0.457 e. The van der Waals surface area contributed by atoms with E-state index in [9.17, 15) is 0 Å². The number of ether oxygens (including phenoxy) is 3. The van der Waals surface area contributed by atoms with Gasteiger partial charge in [-0.25, -0.2) is 0 Å². The number of hydrogen-bond acceptors (Lipinski definition) is 3. The summed E-state index contributed by atoms with van der Waals surface area (Å²) in [6.07, 6.45) is 0.880. The Labute approximate surface area is 347 Å². The van der Waals surface area contributed by atoms with Gasteiger partial charge < -0.3 is 14.2 Å². The highest BCUT2D eigenvalue weighted by molar-refractivity contribution is 9.13. The maximum absolute atomic E-state index is 7.62. The van der Waals surface area contributed by atoms with Gasteiger partial charge in [-0.2, -0.15) is 0 Å². The lowest BCUT2D eigenvalue weighted by Gasteiger charge is -2.43. The fourth-order valence-corrected chi connectivity index (χ4v) is 7.71. The summed E-state index contributed by atoms with van der Waals surface area (Å²) in [5.74, 6) is 3.20. The van der Waals surface area contributed by atoms with Gasteiger partial charge in [0, 0.05) is 28.7 Å². The van der Waals surface area contributed by atoms with E-state index in [2.05, 4.69) is 164 Å². The van der Waals surface area contributed by atoms with E-state index in [4.69, 9.17) is 14.2 Å². The van der Waals surface area contributed by atoms with E-state index >= 15 is 0 Å². The summed E-state index contributed by atoms with van der Waals surface area (Å²) in [7, 11) is 0. The highest BCUT2D eigenvalue weighted by Gasteiger charge is 2.40. The molecule has 2 atom stereocenters. The summed E-state index contributed by atoms with van der Waals surface area (Å²) < 4.78 is 24.2. The molecule has 6 aromatic carbocycles. The zero-order chi connectivity index (χ0) is 37.6. The third kappa shape index (κ3) is 10.1. The van der Waals surface area contributed by atoms with E-state index in [-0.39, 0.29) is 12.2 Å². The van der Waals surface area contributed by atoms with Crippen molar-refractivity contribution < 1.29 is 14.2 Å². The smallest absolute Gasteiger partial charge is 0.127 e. The Kier molecular flexibility index (Phi) is 13.0. The molecule has 0 fully saturated rings. The molecular weight excluding hydrogens is 920 g/mol. The van der Waals surface area contributed by atoms with Crippen LogP contribution in [0.4, 0.5) is 0 Å². The lowest BCUT2D eigenvalue weighted by Crippen LogP contribution is -2.46. The molecule has 0 saturated heterocycles. The molecule has 6 rings (SSSR count). The van der Waals surface area contributed by atoms with E-state index in [1.807, 2.05) is 72.8 Å². The highest BCUT2D eigenvalue weighted by Crippen LogP contribution is 2.41. The van der Waals surface area contributed by atoms with Crippen molar-refractivity contribution in [1.29, 1.82) is 0 Å². The molecule has 3 nitrogen and oxygen atoms in total. The average molecular weight is 962 g/mol. The molecule has 0 aliphatic heterocycles. The summed E-state index contributed by atoms with van der Waals surface area (Å²) in [5.41, 5.74) is 3.83. The molecule has 0 heterocycles. The molecule has 0 amide bonds. The quantitative estimate of drug-likeness (QED) is 0.109. The monoisotopic (exact) mass is 958 g/mol. The Morgan fingerprint density at radius 1 is 0.415 bits per heavy atom. The Morgan fingerprint density at radius 2 is 0.792 bits per heavy atom. The second kappa shape index (κ2) is 17.5. The molecule has 6 aromatic rings. The molecule has 53 heavy (non-hydrogen) atoms. The second-order valence-electron chi connectivity index (χ2n) is 14.3. The normalized spacial score (nSPS) is 13.0. The van der Waals surface area contributed by atoms with Gasteiger partial charge in [-0.05, 0) is 172 Å². The zero-order valence-electron chi connectivity index (χ0n) is 30.2. The number of para-hydroxylation sites is 2. The first-order valence-corrected chi connectivity index (χ1v) is 20.8. The van der Waals surface area contributed by atoms with E-state index < -0.39 is 10.8 Å². The van der Waals surface area contributed by atoms with Crippen LogP contribution in [0.5, 0.6) is 23.0 Å². The molecule has 0 aromatic heterocycles. The van der Waals surface area contributed by atoms with Gasteiger partial charge in [0.1, 0.15) is 23.0 Å². The van der Waals surface area contributed by atoms with Crippen LogP contribution in [0, 0.1) is 0 Å². The summed E-state index contributed by atoms with van der Waals surface area (Å²) in [6.45, 7) is 9.14. The van der Waals surface area contributed by atoms with Crippen LogP contribution in [-0.4, -0.2) is 12.2 Å². The van der Waals surface area contributed by atoms with Crippen LogP contribution in [0.15, 0.2) is 163 Å². The predicted molar refractivity (Wildman–Crippen MR) is 232 cm³/mol. The standard InChI is InChI=1S/C46H42Br4O3/c1-45(2,33-21-23-39(47)41(49)29-33)43(27-31-13-11-19-37(25-31)51-35-15-7-5-8-16-35)53-44(46(3,4)34-22-24-40(48)42(50)30-34)28-32-14-12-20-38(26-32)52-36-17-9-6-10-18-36/h5-26,29-30,43-44H,27-28H2,1-4H3. The van der Waals surface area contributed by atoms with Crippen LogP contribution < -0.4 is 9.47 Å². The summed E-state index contributed by atoms with van der Waals surface area (Å²) in [4.78, 5) is 0. The van der Waals surface area contributed by atoms with Crippen LogP contribution in [0.1, 0.15) is 49.9 Å². The first kappa shape index (κ1) is 39.5. The topological polar surface area (TPSA) is 27.7 Å². The number of rotatable bonds is 14. The molecule has 0 N–H and O–H groups in total. The van der Waals surface area contributed by atoms with Crippen molar-refractivity contribution >= 4 is 63.7 Å². The van der Waals surface area contributed by atoms with Crippen molar-refractivity contribution in [2.45, 2.75) is 63.6 Å². The lowest BCUT2D eigenvalue weighted by molar-refractivity contribution is -0.0753. The first-order valence-electron chi connectivity index (χ1n) is 17.6. The highest BCUT2D eigenvalue weighted by atomic mass is 79.9. The molecule has 0 aliphatic carbocycles. The molecule has 7 heteroatoms. The van der Waals surface area contributed by atoms with E-state index in [0.29, 0.717) is 12.8 Å². The van der Waals surface area contributed by atoms with E-state index in [1.54, 1.807) is 0 Å². The number of hydrogen-bond donors (Lipinski definition) is 0. The SMILES string of the molecule is CC(C)(c1ccc(Br)c(Br)c1)C(Cc1cccc(Oc2ccccc2)c1)OC(Cc1cccc(Oc2ccccc2)c1)C(C)(C)c1ccc(Br)c(Br)c1. The van der Waals surface area contributed by atoms with Gasteiger partial charge in [-0.15, -0.1) is 0 Å². The molecule has 0 saturated carbocycles. The minimum absolute atomic E-state index is 0.227. The summed E-state index contributed by atoms with van der Waals surface area (Å²) in [6, 6.07) is 49.5. The molecule has 0 radical (unpaired) electrons. The van der Waals surface area contributed by atoms with Gasteiger partial charge in [0.15, 0.2) is 0 Å². The Morgan fingerprint density at radius 3 is 1.17 bits per heavy atom. The average Bonchev–Trinajstić information content (AvgIpc) is 3.14. The molecular formula is C46H42Br4O3. The second-order valence-corrected chi connectivity index (χ2v) is 17.8. The van der Waals surface area contributed by atoms with E-state index in [1.165, 1.54) is 11.1 Å². The Balaban J connectivity index is 1.40. The molecule has 0 aliphatic rings. The van der Waals surface area contributed by atoms with Gasteiger partial charge in [0.25, 0.3) is 0 Å². The molecule has 2 unspecified atom stereocenters. The van der Waals surface area contributed by atoms with Crippen molar-refractivity contribution in [3.63, 3.8) is 0 Å². The van der Waals surface area contributed by atoms with Crippen molar-refractivity contribution in [1.82, 2.24) is 0 Å². The van der Waals surface area contributed by atoms with Gasteiger partial charge in [-0.1, -0.05) is 100 Å². The third-order valence-electron chi connectivity index (χ3n) is 9.86. The van der Waals surface area contributed by atoms with Gasteiger partial charge >= 0.3 is 0 Å². The summed E-state index contributed by atoms with van der Waals surface area (Å²) in [5, 5.41) is 0.